The zero-order valence-electron chi connectivity index (χ0n) is 28.2. The molecule has 0 radical (unpaired) electrons. The van der Waals surface area contributed by atoms with Crippen LogP contribution in [0.1, 0.15) is 69.9 Å². The van der Waals surface area contributed by atoms with Crippen molar-refractivity contribution in [1.29, 1.82) is 0 Å². The van der Waals surface area contributed by atoms with Gasteiger partial charge < -0.3 is 36.0 Å². The molecule has 0 aliphatic heterocycles. The molecular formula is C40H52N4O4. The van der Waals surface area contributed by atoms with Gasteiger partial charge in [-0.25, -0.2) is 0 Å². The minimum absolute atomic E-state index is 0.00745. The van der Waals surface area contributed by atoms with E-state index in [0.29, 0.717) is 38.2 Å². The molecule has 8 rings (SSSR count). The predicted molar refractivity (Wildman–Crippen MR) is 188 cm³/mol. The highest BCUT2D eigenvalue weighted by Gasteiger charge is 2.76. The lowest BCUT2D eigenvalue weighted by atomic mass is 9.46. The standard InChI is InChI=1S/C40H52N4O4/c1-25(21-28-22-26-9-3-4-11-33(26)43-28)38-17-7-10-27(44-36(41-2)42-19-8-20-45)24-39(47)34(46)23-32-35(39)31(38)13-12-30-29(38)14-18-37(40(30,32)48)15-5-6-16-37/h3-4,9,11,14,18,22,27,29-32,34-35,43,45-48H,1,5-6,8,12-13,15-17,19-21,23-24H2,2H3,(H2,41,42,44)/t27-,29-,30+,31+,32-,34-,35-,38-,39-,40+/m0/s1. The summed E-state index contributed by atoms with van der Waals surface area (Å²) < 4.78 is 0. The summed E-state index contributed by atoms with van der Waals surface area (Å²) in [6.07, 6.45) is 12.2. The molecule has 8 nitrogen and oxygen atoms in total. The van der Waals surface area contributed by atoms with Crippen molar-refractivity contribution in [3.8, 4) is 11.8 Å². The van der Waals surface area contributed by atoms with Crippen molar-refractivity contribution in [2.75, 3.05) is 20.2 Å². The average molecular weight is 653 g/mol. The summed E-state index contributed by atoms with van der Waals surface area (Å²) in [5.41, 5.74) is 0.0332. The summed E-state index contributed by atoms with van der Waals surface area (Å²) >= 11 is 0. The first-order valence-corrected chi connectivity index (χ1v) is 18.3. The number of nitrogens with zero attached hydrogens (tertiary/aromatic N) is 1. The normalized spacial score (nSPS) is 40.5. The second-order valence-corrected chi connectivity index (χ2v) is 15.9. The van der Waals surface area contributed by atoms with Crippen LogP contribution in [0.4, 0.5) is 0 Å². The fraction of sp³-hybridized carbons (Fsp3) is 0.625. The molecule has 6 bridgehead atoms. The number of aliphatic hydroxyl groups excluding tert-OH is 2. The number of fused-ring (bicyclic) bond motifs is 3. The van der Waals surface area contributed by atoms with Crippen molar-refractivity contribution in [1.82, 2.24) is 15.6 Å². The number of aromatic amines is 1. The van der Waals surface area contributed by atoms with Crippen molar-refractivity contribution in [3.05, 3.63) is 60.3 Å². The lowest BCUT2D eigenvalue weighted by Crippen LogP contribution is -2.61. The van der Waals surface area contributed by atoms with Crippen molar-refractivity contribution in [2.45, 2.75) is 94.0 Å². The third-order valence-corrected chi connectivity index (χ3v) is 14.0. The third-order valence-electron chi connectivity index (χ3n) is 14.0. The maximum atomic E-state index is 13.6. The van der Waals surface area contributed by atoms with Crippen molar-refractivity contribution in [2.24, 2.45) is 45.4 Å². The maximum absolute atomic E-state index is 13.6. The number of benzene rings is 1. The Kier molecular flexibility index (Phi) is 7.87. The fourth-order valence-corrected chi connectivity index (χ4v) is 12.2. The van der Waals surface area contributed by atoms with Crippen LogP contribution in [0.15, 0.2) is 59.6 Å². The summed E-state index contributed by atoms with van der Waals surface area (Å²) in [5, 5.41) is 55.9. The molecule has 6 aliphatic rings. The largest absolute Gasteiger partial charge is 0.396 e. The van der Waals surface area contributed by atoms with E-state index >= 15 is 0 Å². The third kappa shape index (κ3) is 4.47. The molecular weight excluding hydrogens is 600 g/mol. The Morgan fingerprint density at radius 1 is 1.12 bits per heavy atom. The molecule has 10 atom stereocenters. The van der Waals surface area contributed by atoms with Gasteiger partial charge in [0.1, 0.15) is 0 Å². The first kappa shape index (κ1) is 32.1. The number of nitrogens with one attached hydrogen (secondary N) is 3. The number of aromatic nitrogens is 1. The Labute approximate surface area is 284 Å². The summed E-state index contributed by atoms with van der Waals surface area (Å²) in [7, 11) is 1.70. The van der Waals surface area contributed by atoms with Gasteiger partial charge in [-0.05, 0) is 85.6 Å². The van der Waals surface area contributed by atoms with Crippen LogP contribution in [0.2, 0.25) is 0 Å². The Hall–Kier alpha value is -3.09. The molecule has 0 unspecified atom stereocenters. The van der Waals surface area contributed by atoms with Crippen LogP contribution in [0.25, 0.3) is 10.9 Å². The van der Waals surface area contributed by atoms with Crippen LogP contribution < -0.4 is 10.6 Å². The second-order valence-electron chi connectivity index (χ2n) is 15.9. The van der Waals surface area contributed by atoms with Gasteiger partial charge in [0.25, 0.3) is 0 Å². The van der Waals surface area contributed by atoms with Crippen LogP contribution in [-0.2, 0) is 6.42 Å². The molecule has 1 aromatic heterocycles. The lowest BCUT2D eigenvalue weighted by Gasteiger charge is -2.60. The molecule has 1 aromatic carbocycles. The van der Waals surface area contributed by atoms with Gasteiger partial charge >= 0.3 is 0 Å². The molecule has 4 fully saturated rings. The highest BCUT2D eigenvalue weighted by Crippen LogP contribution is 2.75. The van der Waals surface area contributed by atoms with Crippen LogP contribution in [0, 0.1) is 52.3 Å². The number of hydrogen-bond acceptors (Lipinski definition) is 5. The maximum Gasteiger partial charge on any atom is 0.191 e. The first-order valence-electron chi connectivity index (χ1n) is 18.3. The highest BCUT2D eigenvalue weighted by molar-refractivity contribution is 5.81. The van der Waals surface area contributed by atoms with E-state index in [1.807, 2.05) is 0 Å². The van der Waals surface area contributed by atoms with Gasteiger partial charge in [0, 0.05) is 61.5 Å². The minimum Gasteiger partial charge on any atom is -0.396 e. The number of rotatable bonds is 7. The minimum atomic E-state index is -1.45. The molecule has 0 saturated heterocycles. The summed E-state index contributed by atoms with van der Waals surface area (Å²) in [5.74, 6) is 7.20. The SMILES string of the molecule is C=C(Cc1cc2ccccc2[nH]1)[C@]12CC#C[C@H](NC(=NC)NCCCO)C[C@@]3(O)[C@H]4[C@H]1CC[C@@H]1[C@@H]2C=CC2(CCCC2)[C@]1(O)[C@H]4C[C@@H]3O. The predicted octanol–water partition coefficient (Wildman–Crippen LogP) is 4.21. The molecule has 4 saturated carbocycles. The van der Waals surface area contributed by atoms with Crippen LogP contribution >= 0.6 is 0 Å². The van der Waals surface area contributed by atoms with Gasteiger partial charge in [-0.1, -0.05) is 61.3 Å². The van der Waals surface area contributed by atoms with Gasteiger partial charge in [-0.15, -0.1) is 5.92 Å². The molecule has 1 spiro atoms. The monoisotopic (exact) mass is 652 g/mol. The Morgan fingerprint density at radius 3 is 2.69 bits per heavy atom. The molecule has 256 valence electrons. The molecule has 0 amide bonds. The highest BCUT2D eigenvalue weighted by atomic mass is 16.3. The van der Waals surface area contributed by atoms with Crippen molar-refractivity contribution < 1.29 is 20.4 Å². The molecule has 1 heterocycles. The van der Waals surface area contributed by atoms with E-state index < -0.39 is 28.8 Å². The zero-order valence-corrected chi connectivity index (χ0v) is 28.2. The van der Waals surface area contributed by atoms with E-state index in [0.717, 1.165) is 55.3 Å². The summed E-state index contributed by atoms with van der Waals surface area (Å²) in [6, 6.07) is 10.1. The number of aliphatic hydroxyl groups is 4. The van der Waals surface area contributed by atoms with E-state index in [1.54, 1.807) is 7.05 Å². The quantitative estimate of drug-likeness (QED) is 0.0789. The summed E-state index contributed by atoms with van der Waals surface area (Å²) in [4.78, 5) is 8.04. The molecule has 2 aromatic rings. The van der Waals surface area contributed by atoms with Gasteiger partial charge in [0.2, 0.25) is 0 Å². The number of allylic oxidation sites excluding steroid dienone is 2. The zero-order chi connectivity index (χ0) is 33.3. The second kappa shape index (κ2) is 11.8. The number of guanidine groups is 1. The Bertz CT molecular complexity index is 1660. The van der Waals surface area contributed by atoms with Crippen LogP contribution in [0.3, 0.4) is 0 Å². The van der Waals surface area contributed by atoms with Crippen LogP contribution in [0.5, 0.6) is 0 Å². The topological polar surface area (TPSA) is 133 Å². The van der Waals surface area contributed by atoms with Gasteiger partial charge in [-0.2, -0.15) is 0 Å². The lowest BCUT2D eigenvalue weighted by molar-refractivity contribution is -0.172. The van der Waals surface area contributed by atoms with Gasteiger partial charge in [-0.3, -0.25) is 4.99 Å². The first-order chi connectivity index (χ1) is 23.2. The Balaban J connectivity index is 1.28. The fourth-order valence-electron chi connectivity index (χ4n) is 12.2. The van der Waals surface area contributed by atoms with Crippen molar-refractivity contribution in [3.63, 3.8) is 0 Å². The number of para-hydroxylation sites is 1. The van der Waals surface area contributed by atoms with E-state index in [4.69, 9.17) is 6.58 Å². The number of aliphatic imine (C=N–C) groups is 1. The molecule has 7 N–H and O–H groups in total. The smallest absolute Gasteiger partial charge is 0.191 e. The van der Waals surface area contributed by atoms with E-state index in [9.17, 15) is 20.4 Å². The van der Waals surface area contributed by atoms with E-state index in [2.05, 4.69) is 74.9 Å². The molecule has 8 heteroatoms. The van der Waals surface area contributed by atoms with E-state index in [1.165, 1.54) is 5.39 Å². The molecule has 6 aliphatic carbocycles. The van der Waals surface area contributed by atoms with Crippen molar-refractivity contribution >= 4 is 16.9 Å². The van der Waals surface area contributed by atoms with Gasteiger partial charge in [0.15, 0.2) is 5.96 Å². The van der Waals surface area contributed by atoms with Gasteiger partial charge in [0.05, 0.1) is 23.3 Å². The Morgan fingerprint density at radius 2 is 1.92 bits per heavy atom. The number of hydrogen-bond donors (Lipinski definition) is 7. The number of H-pyrrole nitrogens is 1. The summed E-state index contributed by atoms with van der Waals surface area (Å²) in [6.45, 7) is 5.53. The van der Waals surface area contributed by atoms with Crippen LogP contribution in [-0.4, -0.2) is 74.9 Å². The van der Waals surface area contributed by atoms with E-state index in [-0.39, 0.29) is 48.0 Å². The average Bonchev–Trinajstić information content (AvgIpc) is 3.76. The molecule has 48 heavy (non-hydrogen) atoms.